The monoisotopic (exact) mass is 461 g/mol. The largest absolute Gasteiger partial charge is 0.462 e. The zero-order valence-electron chi connectivity index (χ0n) is 18.5. The van der Waals surface area contributed by atoms with Gasteiger partial charge in [-0.05, 0) is 38.3 Å². The Kier molecular flexibility index (Phi) is 9.33. The molecule has 0 fully saturated rings. The van der Waals surface area contributed by atoms with Crippen molar-refractivity contribution in [3.05, 3.63) is 46.5 Å². The second kappa shape index (κ2) is 11.9. The third-order valence-electron chi connectivity index (χ3n) is 4.18. The van der Waals surface area contributed by atoms with Crippen LogP contribution in [0.3, 0.4) is 0 Å². The van der Waals surface area contributed by atoms with Gasteiger partial charge in [0.1, 0.15) is 10.9 Å². The van der Waals surface area contributed by atoms with Gasteiger partial charge in [-0.25, -0.2) is 14.6 Å². The maximum Gasteiger partial charge on any atom is 0.350 e. The summed E-state index contributed by atoms with van der Waals surface area (Å²) in [5.74, 6) is -2.12. The Labute approximate surface area is 190 Å². The van der Waals surface area contributed by atoms with Crippen LogP contribution in [-0.4, -0.2) is 48.0 Å². The molecule has 10 heteroatoms. The predicted octanol–water partition coefficient (Wildman–Crippen LogP) is 2.95. The van der Waals surface area contributed by atoms with E-state index in [1.165, 1.54) is 0 Å². The molecule has 2 rings (SSSR count). The van der Waals surface area contributed by atoms with E-state index in [1.807, 2.05) is 13.8 Å². The number of rotatable bonds is 10. The van der Waals surface area contributed by atoms with Crippen LogP contribution in [0.25, 0.3) is 0 Å². The van der Waals surface area contributed by atoms with Crippen molar-refractivity contribution in [1.82, 2.24) is 10.3 Å². The molecule has 2 amide bonds. The van der Waals surface area contributed by atoms with Gasteiger partial charge in [-0.15, -0.1) is 0 Å². The summed E-state index contributed by atoms with van der Waals surface area (Å²) < 4.78 is 10.1. The average Bonchev–Trinajstić information content (AvgIpc) is 3.11. The van der Waals surface area contributed by atoms with Crippen LogP contribution >= 0.6 is 11.3 Å². The van der Waals surface area contributed by atoms with Crippen molar-refractivity contribution < 1.29 is 28.7 Å². The van der Waals surface area contributed by atoms with Crippen LogP contribution < -0.4 is 10.6 Å². The van der Waals surface area contributed by atoms with Crippen LogP contribution in [0.15, 0.2) is 30.3 Å². The molecular formula is C22H27N3O6S. The minimum absolute atomic E-state index is 0.108. The number of hydrogen-bond acceptors (Lipinski definition) is 8. The van der Waals surface area contributed by atoms with Gasteiger partial charge in [0.05, 0.1) is 12.3 Å². The van der Waals surface area contributed by atoms with E-state index >= 15 is 0 Å². The van der Waals surface area contributed by atoms with Gasteiger partial charge in [0.15, 0.2) is 11.7 Å². The minimum Gasteiger partial charge on any atom is -0.462 e. The Morgan fingerprint density at radius 1 is 1.09 bits per heavy atom. The Balaban J connectivity index is 1.94. The molecular weight excluding hydrogens is 434 g/mol. The second-order valence-electron chi connectivity index (χ2n) is 7.33. The minimum atomic E-state index is -0.895. The lowest BCUT2D eigenvalue weighted by atomic mass is 10.0. The fraction of sp³-hybridized carbons (Fsp3) is 0.409. The summed E-state index contributed by atoms with van der Waals surface area (Å²) in [6.45, 7) is 6.82. The Hall–Kier alpha value is -3.27. The Morgan fingerprint density at radius 2 is 1.78 bits per heavy atom. The first-order valence-corrected chi connectivity index (χ1v) is 11.0. The normalized spacial score (nSPS) is 11.5. The third kappa shape index (κ3) is 7.45. The van der Waals surface area contributed by atoms with Crippen LogP contribution in [-0.2, 0) is 19.1 Å². The van der Waals surface area contributed by atoms with Gasteiger partial charge in [-0.2, -0.15) is 0 Å². The molecule has 0 unspecified atom stereocenters. The lowest BCUT2D eigenvalue weighted by molar-refractivity contribution is -0.149. The molecule has 0 aliphatic carbocycles. The van der Waals surface area contributed by atoms with Crippen LogP contribution in [0.4, 0.5) is 5.13 Å². The molecule has 2 aromatic rings. The lowest BCUT2D eigenvalue weighted by Gasteiger charge is -2.19. The number of aromatic nitrogens is 1. The van der Waals surface area contributed by atoms with Gasteiger partial charge < -0.3 is 14.8 Å². The number of carbonyl (C=O) groups is 4. The van der Waals surface area contributed by atoms with E-state index in [0.717, 1.165) is 11.3 Å². The second-order valence-corrected chi connectivity index (χ2v) is 8.33. The predicted molar refractivity (Wildman–Crippen MR) is 120 cm³/mol. The van der Waals surface area contributed by atoms with Crippen molar-refractivity contribution in [3.63, 3.8) is 0 Å². The lowest BCUT2D eigenvalue weighted by Crippen LogP contribution is -2.43. The Bertz CT molecular complexity index is 958. The zero-order chi connectivity index (χ0) is 23.7. The zero-order valence-corrected chi connectivity index (χ0v) is 19.3. The van der Waals surface area contributed by atoms with E-state index in [0.29, 0.717) is 22.6 Å². The van der Waals surface area contributed by atoms with Gasteiger partial charge in [0.25, 0.3) is 11.8 Å². The molecule has 1 aromatic carbocycles. The van der Waals surface area contributed by atoms with Crippen molar-refractivity contribution in [2.24, 2.45) is 5.92 Å². The maximum absolute atomic E-state index is 12.5. The number of esters is 2. The molecule has 1 atom stereocenters. The van der Waals surface area contributed by atoms with E-state index in [9.17, 15) is 19.2 Å². The number of nitrogens with one attached hydrogen (secondary N) is 2. The molecule has 2 N–H and O–H groups in total. The number of aryl methyl sites for hydroxylation is 1. The summed E-state index contributed by atoms with van der Waals surface area (Å²) in [6, 6.07) is 7.62. The van der Waals surface area contributed by atoms with Crippen molar-refractivity contribution in [1.29, 1.82) is 0 Å². The van der Waals surface area contributed by atoms with Crippen molar-refractivity contribution in [2.45, 2.75) is 40.2 Å². The molecule has 0 saturated carbocycles. The van der Waals surface area contributed by atoms with E-state index in [2.05, 4.69) is 15.6 Å². The molecule has 0 aliphatic rings. The summed E-state index contributed by atoms with van der Waals surface area (Å²) in [5, 5.41) is 5.36. The van der Waals surface area contributed by atoms with Gasteiger partial charge in [-0.3, -0.25) is 14.9 Å². The topological polar surface area (TPSA) is 124 Å². The van der Waals surface area contributed by atoms with Gasteiger partial charge in [0.2, 0.25) is 0 Å². The van der Waals surface area contributed by atoms with Crippen LogP contribution in [0.1, 0.15) is 52.9 Å². The summed E-state index contributed by atoms with van der Waals surface area (Å²) in [7, 11) is 0. The molecule has 172 valence electrons. The first kappa shape index (κ1) is 25.0. The highest BCUT2D eigenvalue weighted by Gasteiger charge is 2.25. The third-order valence-corrected chi connectivity index (χ3v) is 5.24. The maximum atomic E-state index is 12.5. The van der Waals surface area contributed by atoms with E-state index in [4.69, 9.17) is 9.47 Å². The van der Waals surface area contributed by atoms with Crippen molar-refractivity contribution in [3.8, 4) is 0 Å². The number of amides is 2. The molecule has 0 bridgehead atoms. The summed E-state index contributed by atoms with van der Waals surface area (Å²) in [6.07, 6.45) is 0.355. The standard InChI is InChI=1S/C22H27N3O6S/c1-5-30-21(29)18-14(4)23-22(32-18)25-17(26)12-31-20(28)16(11-13(2)3)24-19(27)15-9-7-6-8-10-15/h6-10,13,16H,5,11-12H2,1-4H3,(H,24,27)(H,23,25,26)/t16-/m0/s1. The highest BCUT2D eigenvalue weighted by atomic mass is 32.1. The van der Waals surface area contributed by atoms with Gasteiger partial charge >= 0.3 is 11.9 Å². The number of thiazole rings is 1. The fourth-order valence-corrected chi connectivity index (χ4v) is 3.62. The Morgan fingerprint density at radius 3 is 2.41 bits per heavy atom. The van der Waals surface area contributed by atoms with E-state index in [1.54, 1.807) is 44.2 Å². The van der Waals surface area contributed by atoms with E-state index < -0.39 is 36.4 Å². The summed E-state index contributed by atoms with van der Waals surface area (Å²) in [4.78, 5) is 53.4. The first-order chi connectivity index (χ1) is 15.2. The number of ether oxygens (including phenoxy) is 2. The molecule has 1 heterocycles. The number of benzene rings is 1. The number of hydrogen-bond donors (Lipinski definition) is 2. The molecule has 0 radical (unpaired) electrons. The first-order valence-electron chi connectivity index (χ1n) is 10.2. The quantitative estimate of drug-likeness (QED) is 0.521. The highest BCUT2D eigenvalue weighted by Crippen LogP contribution is 2.23. The van der Waals surface area contributed by atoms with E-state index in [-0.39, 0.29) is 17.7 Å². The van der Waals surface area contributed by atoms with Crippen molar-refractivity contribution in [2.75, 3.05) is 18.5 Å². The molecule has 0 saturated heterocycles. The SMILES string of the molecule is CCOC(=O)c1sc(NC(=O)COC(=O)[C@H](CC(C)C)NC(=O)c2ccccc2)nc1C. The fourth-order valence-electron chi connectivity index (χ4n) is 2.75. The van der Waals surface area contributed by atoms with Crippen LogP contribution in [0.2, 0.25) is 0 Å². The molecule has 0 spiro atoms. The van der Waals surface area contributed by atoms with Crippen molar-refractivity contribution >= 4 is 40.2 Å². The molecule has 1 aromatic heterocycles. The highest BCUT2D eigenvalue weighted by molar-refractivity contribution is 7.17. The smallest absolute Gasteiger partial charge is 0.350 e. The number of nitrogens with zero attached hydrogens (tertiary/aromatic N) is 1. The van der Waals surface area contributed by atoms with Crippen LogP contribution in [0.5, 0.6) is 0 Å². The average molecular weight is 462 g/mol. The molecule has 0 aliphatic heterocycles. The summed E-state index contributed by atoms with van der Waals surface area (Å²) >= 11 is 0.976. The summed E-state index contributed by atoms with van der Waals surface area (Å²) in [5.41, 5.74) is 0.852. The number of carbonyl (C=O) groups excluding carboxylic acids is 4. The van der Waals surface area contributed by atoms with Gasteiger partial charge in [-0.1, -0.05) is 43.4 Å². The molecule has 9 nitrogen and oxygen atoms in total. The van der Waals surface area contributed by atoms with Gasteiger partial charge in [0, 0.05) is 5.56 Å². The number of anilines is 1. The van der Waals surface area contributed by atoms with Crippen LogP contribution in [0, 0.1) is 12.8 Å². The molecule has 32 heavy (non-hydrogen) atoms.